The van der Waals surface area contributed by atoms with Crippen molar-refractivity contribution in [2.24, 2.45) is 0 Å². The Morgan fingerprint density at radius 2 is 1.80 bits per heavy atom. The Morgan fingerprint density at radius 1 is 1.27 bits per heavy atom. The van der Waals surface area contributed by atoms with Crippen molar-refractivity contribution >= 4 is 34.8 Å². The van der Waals surface area contributed by atoms with Crippen LogP contribution < -0.4 is 0 Å². The zero-order valence-electron chi connectivity index (χ0n) is 7.88. The summed E-state index contributed by atoms with van der Waals surface area (Å²) in [5, 5.41) is 9.75. The van der Waals surface area contributed by atoms with Gasteiger partial charge in [-0.05, 0) is 13.0 Å². The predicted octanol–water partition coefficient (Wildman–Crippen LogP) is 2.86. The number of aromatic hydroxyl groups is 1. The van der Waals surface area contributed by atoms with Crippen LogP contribution in [0.5, 0.6) is 5.75 Å². The van der Waals surface area contributed by atoms with E-state index in [1.54, 1.807) is 0 Å². The maximum absolute atomic E-state index is 11.5. The van der Waals surface area contributed by atoms with Gasteiger partial charge in [-0.15, -0.1) is 0 Å². The summed E-state index contributed by atoms with van der Waals surface area (Å²) in [6.45, 7) is 1.30. The van der Waals surface area contributed by atoms with Crippen molar-refractivity contribution in [1.82, 2.24) is 0 Å². The first kappa shape index (κ1) is 12.0. The van der Waals surface area contributed by atoms with Crippen molar-refractivity contribution in [2.75, 3.05) is 0 Å². The molecule has 1 aromatic rings. The summed E-state index contributed by atoms with van der Waals surface area (Å²) in [6.07, 6.45) is -0.258. The average molecular weight is 247 g/mol. The molecule has 0 atom stereocenters. The van der Waals surface area contributed by atoms with Crippen molar-refractivity contribution in [3.63, 3.8) is 0 Å². The van der Waals surface area contributed by atoms with Gasteiger partial charge in [0.2, 0.25) is 0 Å². The highest BCUT2D eigenvalue weighted by Gasteiger charge is 2.15. The third-order valence-electron chi connectivity index (χ3n) is 1.75. The fourth-order valence-electron chi connectivity index (χ4n) is 1.08. The van der Waals surface area contributed by atoms with Gasteiger partial charge in [0.25, 0.3) is 0 Å². The van der Waals surface area contributed by atoms with E-state index < -0.39 is 5.78 Å². The van der Waals surface area contributed by atoms with E-state index in [2.05, 4.69) is 0 Å². The predicted molar refractivity (Wildman–Crippen MR) is 57.8 cm³/mol. The molecule has 0 aliphatic heterocycles. The number of carbonyl (C=O) groups is 2. The van der Waals surface area contributed by atoms with E-state index in [4.69, 9.17) is 23.2 Å². The first-order valence-electron chi connectivity index (χ1n) is 4.12. The summed E-state index contributed by atoms with van der Waals surface area (Å²) in [5.74, 6) is -1.01. The molecule has 0 fully saturated rings. The quantitative estimate of drug-likeness (QED) is 0.659. The minimum Gasteiger partial charge on any atom is -0.507 e. The third-order valence-corrected chi connectivity index (χ3v) is 2.47. The lowest BCUT2D eigenvalue weighted by Gasteiger charge is -2.04. The van der Waals surface area contributed by atoms with E-state index in [0.29, 0.717) is 0 Å². The largest absolute Gasteiger partial charge is 0.507 e. The van der Waals surface area contributed by atoms with Crippen LogP contribution in [0.25, 0.3) is 0 Å². The number of halogens is 2. The highest BCUT2D eigenvalue weighted by atomic mass is 35.5. The molecule has 80 valence electrons. The summed E-state index contributed by atoms with van der Waals surface area (Å²) >= 11 is 11.3. The average Bonchev–Trinajstić information content (AvgIpc) is 2.09. The molecular formula is C10H8Cl2O3. The van der Waals surface area contributed by atoms with Crippen LogP contribution in [0.4, 0.5) is 0 Å². The lowest BCUT2D eigenvalue weighted by Crippen LogP contribution is -2.05. The summed E-state index contributed by atoms with van der Waals surface area (Å²) in [4.78, 5) is 22.2. The Balaban J connectivity index is 3.09. The highest BCUT2D eigenvalue weighted by molar-refractivity contribution is 6.42. The second-order valence-electron chi connectivity index (χ2n) is 3.09. The number of phenolic OH excluding ortho intramolecular Hbond substituents is 1. The Labute approximate surface area is 96.6 Å². The molecule has 15 heavy (non-hydrogen) atoms. The third kappa shape index (κ3) is 2.94. The van der Waals surface area contributed by atoms with Crippen molar-refractivity contribution < 1.29 is 14.7 Å². The van der Waals surface area contributed by atoms with Gasteiger partial charge in [-0.3, -0.25) is 9.59 Å². The van der Waals surface area contributed by atoms with Gasteiger partial charge in [-0.25, -0.2) is 0 Å². The summed E-state index contributed by atoms with van der Waals surface area (Å²) < 4.78 is 0. The van der Waals surface area contributed by atoms with Crippen molar-refractivity contribution in [1.29, 1.82) is 0 Å². The highest BCUT2D eigenvalue weighted by Crippen LogP contribution is 2.30. The molecule has 0 radical (unpaired) electrons. The number of hydrogen-bond donors (Lipinski definition) is 1. The second-order valence-corrected chi connectivity index (χ2v) is 3.90. The number of Topliss-reactive ketones (excluding diaryl/α,β-unsaturated/α-hetero) is 2. The second kappa shape index (κ2) is 4.64. The zero-order valence-corrected chi connectivity index (χ0v) is 9.39. The standard InChI is InChI=1S/C10H8Cl2O3/c1-5(13)2-9(14)6-3-7(11)8(12)4-10(6)15/h3-4,15H,2H2,1H3. The maximum Gasteiger partial charge on any atom is 0.173 e. The molecule has 0 aromatic heterocycles. The number of carbonyl (C=O) groups excluding carboxylic acids is 2. The molecule has 0 spiro atoms. The molecule has 1 rings (SSSR count). The summed E-state index contributed by atoms with van der Waals surface area (Å²) in [5.41, 5.74) is 0.0135. The number of phenols is 1. The zero-order chi connectivity index (χ0) is 11.6. The van der Waals surface area contributed by atoms with E-state index in [-0.39, 0.29) is 33.6 Å². The summed E-state index contributed by atoms with van der Waals surface area (Å²) in [7, 11) is 0. The van der Waals surface area contributed by atoms with Crippen molar-refractivity contribution in [3.8, 4) is 5.75 Å². The van der Waals surface area contributed by atoms with Crippen LogP contribution in [-0.2, 0) is 4.79 Å². The van der Waals surface area contributed by atoms with Gasteiger partial charge in [0.15, 0.2) is 5.78 Å². The van der Waals surface area contributed by atoms with E-state index in [0.717, 1.165) is 0 Å². The molecule has 1 aromatic carbocycles. The molecule has 0 saturated heterocycles. The Morgan fingerprint density at radius 3 is 2.33 bits per heavy atom. The smallest absolute Gasteiger partial charge is 0.173 e. The minimum atomic E-state index is -0.474. The van der Waals surface area contributed by atoms with Crippen LogP contribution in [0.15, 0.2) is 12.1 Å². The van der Waals surface area contributed by atoms with E-state index in [9.17, 15) is 14.7 Å². The normalized spacial score (nSPS) is 10.1. The fourth-order valence-corrected chi connectivity index (χ4v) is 1.40. The van der Waals surface area contributed by atoms with E-state index in [1.807, 2.05) is 0 Å². The maximum atomic E-state index is 11.5. The Bertz CT molecular complexity index is 427. The van der Waals surface area contributed by atoms with E-state index >= 15 is 0 Å². The number of hydrogen-bond acceptors (Lipinski definition) is 3. The molecule has 0 unspecified atom stereocenters. The van der Waals surface area contributed by atoms with Gasteiger partial charge in [0, 0.05) is 6.07 Å². The molecular weight excluding hydrogens is 239 g/mol. The Hall–Kier alpha value is -1.06. The monoisotopic (exact) mass is 246 g/mol. The van der Waals surface area contributed by atoms with Gasteiger partial charge in [0.1, 0.15) is 11.5 Å². The molecule has 0 heterocycles. The van der Waals surface area contributed by atoms with E-state index in [1.165, 1.54) is 19.1 Å². The fraction of sp³-hybridized carbons (Fsp3) is 0.200. The van der Waals surface area contributed by atoms with Gasteiger partial charge in [-0.2, -0.15) is 0 Å². The SMILES string of the molecule is CC(=O)CC(=O)c1cc(Cl)c(Cl)cc1O. The lowest BCUT2D eigenvalue weighted by atomic mass is 10.1. The van der Waals surface area contributed by atoms with Gasteiger partial charge in [-0.1, -0.05) is 23.2 Å². The van der Waals surface area contributed by atoms with Crippen LogP contribution in [-0.4, -0.2) is 16.7 Å². The molecule has 0 bridgehead atoms. The van der Waals surface area contributed by atoms with Crippen LogP contribution in [0.3, 0.4) is 0 Å². The molecule has 0 aliphatic rings. The lowest BCUT2D eigenvalue weighted by molar-refractivity contribution is -0.116. The molecule has 0 aliphatic carbocycles. The number of ketones is 2. The topological polar surface area (TPSA) is 54.4 Å². The number of benzene rings is 1. The van der Waals surface area contributed by atoms with Crippen molar-refractivity contribution in [3.05, 3.63) is 27.7 Å². The van der Waals surface area contributed by atoms with Gasteiger partial charge >= 0.3 is 0 Å². The number of rotatable bonds is 3. The van der Waals surface area contributed by atoms with Crippen LogP contribution >= 0.6 is 23.2 Å². The summed E-state index contributed by atoms with van der Waals surface area (Å²) in [6, 6.07) is 2.43. The first-order chi connectivity index (χ1) is 6.91. The molecule has 3 nitrogen and oxygen atoms in total. The molecule has 5 heteroatoms. The van der Waals surface area contributed by atoms with Gasteiger partial charge in [0.05, 0.1) is 22.0 Å². The van der Waals surface area contributed by atoms with Crippen LogP contribution in [0.1, 0.15) is 23.7 Å². The van der Waals surface area contributed by atoms with Gasteiger partial charge < -0.3 is 5.11 Å². The molecule has 0 saturated carbocycles. The first-order valence-corrected chi connectivity index (χ1v) is 4.88. The Kier molecular flexibility index (Phi) is 3.72. The van der Waals surface area contributed by atoms with Crippen molar-refractivity contribution in [2.45, 2.75) is 13.3 Å². The minimum absolute atomic E-state index is 0.0135. The van der Waals surface area contributed by atoms with Crippen LogP contribution in [0.2, 0.25) is 10.0 Å². The molecule has 1 N–H and O–H groups in total. The molecule has 0 amide bonds. The van der Waals surface area contributed by atoms with Crippen LogP contribution in [0, 0.1) is 0 Å².